The van der Waals surface area contributed by atoms with Crippen molar-refractivity contribution in [3.8, 4) is 0 Å². The number of esters is 1. The van der Waals surface area contributed by atoms with Crippen LogP contribution in [0.2, 0.25) is 5.02 Å². The first-order chi connectivity index (χ1) is 17.1. The van der Waals surface area contributed by atoms with Crippen LogP contribution in [0.25, 0.3) is 0 Å². The Balaban J connectivity index is 2.15. The number of carbonyl (C=O) groups is 3. The van der Waals surface area contributed by atoms with Crippen LogP contribution >= 0.6 is 11.6 Å². The Labute approximate surface area is 220 Å². The first-order valence-corrected chi connectivity index (χ1v) is 13.1. The fourth-order valence-corrected chi connectivity index (χ4v) is 4.20. The fraction of sp³-hybridized carbons (Fsp3) is 0.536. The highest BCUT2D eigenvalue weighted by molar-refractivity contribution is 6.31. The van der Waals surface area contributed by atoms with Crippen molar-refractivity contribution in [2.75, 3.05) is 26.2 Å². The number of rotatable bonds is 14. The summed E-state index contributed by atoms with van der Waals surface area (Å²) in [6.45, 7) is 12.2. The molecule has 7 nitrogen and oxygen atoms in total. The first-order valence-electron chi connectivity index (χ1n) is 12.7. The van der Waals surface area contributed by atoms with Crippen LogP contribution in [0.15, 0.2) is 42.6 Å². The van der Waals surface area contributed by atoms with Gasteiger partial charge in [-0.1, -0.05) is 57.5 Å². The number of aromatic nitrogens is 1. The summed E-state index contributed by atoms with van der Waals surface area (Å²) in [4.78, 5) is 41.5. The molecule has 0 fully saturated rings. The third kappa shape index (κ3) is 9.69. The van der Waals surface area contributed by atoms with Gasteiger partial charge >= 0.3 is 5.97 Å². The second-order valence-corrected chi connectivity index (χ2v) is 10.3. The Morgan fingerprint density at radius 3 is 2.22 bits per heavy atom. The molecule has 198 valence electrons. The molecule has 1 aromatic carbocycles. The highest BCUT2D eigenvalue weighted by atomic mass is 35.5. The second kappa shape index (κ2) is 14.7. The van der Waals surface area contributed by atoms with Gasteiger partial charge in [-0.05, 0) is 42.5 Å². The van der Waals surface area contributed by atoms with Gasteiger partial charge in [-0.25, -0.2) is 0 Å². The maximum absolute atomic E-state index is 13.5. The molecular weight excluding hydrogens is 478 g/mol. The van der Waals surface area contributed by atoms with Crippen LogP contribution in [-0.2, 0) is 32.2 Å². The van der Waals surface area contributed by atoms with E-state index in [0.717, 1.165) is 11.3 Å². The van der Waals surface area contributed by atoms with Crippen molar-refractivity contribution in [2.24, 2.45) is 11.8 Å². The molecule has 8 heteroatoms. The van der Waals surface area contributed by atoms with Gasteiger partial charge in [0.25, 0.3) is 0 Å². The average molecular weight is 518 g/mol. The molecule has 0 radical (unpaired) electrons. The van der Waals surface area contributed by atoms with E-state index in [1.807, 2.05) is 61.3 Å². The zero-order valence-electron chi connectivity index (χ0n) is 22.2. The summed E-state index contributed by atoms with van der Waals surface area (Å²) in [6, 6.07) is 11.7. The van der Waals surface area contributed by atoms with Gasteiger partial charge in [-0.2, -0.15) is 0 Å². The second-order valence-electron chi connectivity index (χ2n) is 9.86. The summed E-state index contributed by atoms with van der Waals surface area (Å²) < 4.78 is 7.04. The molecule has 0 aliphatic carbocycles. The molecule has 0 aliphatic rings. The molecule has 2 amide bonds. The molecular formula is C28H40ClN3O4. The maximum Gasteiger partial charge on any atom is 0.306 e. The van der Waals surface area contributed by atoms with Gasteiger partial charge in [0.2, 0.25) is 11.8 Å². The van der Waals surface area contributed by atoms with Crippen LogP contribution in [0.4, 0.5) is 0 Å². The van der Waals surface area contributed by atoms with Crippen molar-refractivity contribution in [3.05, 3.63) is 58.9 Å². The van der Waals surface area contributed by atoms with Gasteiger partial charge in [0.1, 0.15) is 0 Å². The molecule has 0 atom stereocenters. The molecule has 1 aromatic heterocycles. The monoisotopic (exact) mass is 517 g/mol. The molecule has 2 aromatic rings. The number of amides is 2. The average Bonchev–Trinajstić information content (AvgIpc) is 3.24. The molecule has 0 bridgehead atoms. The molecule has 0 spiro atoms. The van der Waals surface area contributed by atoms with Gasteiger partial charge in [-0.3, -0.25) is 14.4 Å². The lowest BCUT2D eigenvalue weighted by Crippen LogP contribution is -2.45. The van der Waals surface area contributed by atoms with E-state index in [0.29, 0.717) is 31.2 Å². The molecule has 0 unspecified atom stereocenters. The molecule has 1 heterocycles. The predicted molar refractivity (Wildman–Crippen MR) is 143 cm³/mol. The molecule has 0 saturated carbocycles. The zero-order chi connectivity index (χ0) is 26.7. The van der Waals surface area contributed by atoms with Crippen molar-refractivity contribution >= 4 is 29.4 Å². The minimum Gasteiger partial charge on any atom is -0.466 e. The van der Waals surface area contributed by atoms with Crippen molar-refractivity contribution in [3.63, 3.8) is 0 Å². The Bertz CT molecular complexity index is 1000. The molecule has 0 aliphatic heterocycles. The van der Waals surface area contributed by atoms with Crippen molar-refractivity contribution < 1.29 is 19.1 Å². The lowest BCUT2D eigenvalue weighted by atomic mass is 10.1. The Morgan fingerprint density at radius 2 is 1.58 bits per heavy atom. The largest absolute Gasteiger partial charge is 0.466 e. The number of nitrogens with zero attached hydrogens (tertiary/aromatic N) is 3. The molecule has 36 heavy (non-hydrogen) atoms. The molecule has 0 saturated heterocycles. The van der Waals surface area contributed by atoms with Crippen LogP contribution in [0.3, 0.4) is 0 Å². The summed E-state index contributed by atoms with van der Waals surface area (Å²) in [5.41, 5.74) is 2.00. The van der Waals surface area contributed by atoms with Crippen LogP contribution in [-0.4, -0.2) is 58.4 Å². The van der Waals surface area contributed by atoms with Gasteiger partial charge in [-0.15, -0.1) is 0 Å². The van der Waals surface area contributed by atoms with E-state index in [4.69, 9.17) is 16.3 Å². The van der Waals surface area contributed by atoms with E-state index in [-0.39, 0.29) is 49.6 Å². The predicted octanol–water partition coefficient (Wildman–Crippen LogP) is 5.00. The number of halogens is 1. The minimum absolute atomic E-state index is 0.0146. The van der Waals surface area contributed by atoms with Gasteiger partial charge in [0.05, 0.1) is 26.1 Å². The number of hydrogen-bond acceptors (Lipinski definition) is 4. The maximum atomic E-state index is 13.5. The number of carbonyl (C=O) groups excluding carboxylic acids is 3. The molecule has 0 N–H and O–H groups in total. The fourth-order valence-electron chi connectivity index (χ4n) is 4.01. The highest BCUT2D eigenvalue weighted by Crippen LogP contribution is 2.19. The van der Waals surface area contributed by atoms with Crippen LogP contribution < -0.4 is 0 Å². The Kier molecular flexibility index (Phi) is 12.0. The quantitative estimate of drug-likeness (QED) is 0.330. The van der Waals surface area contributed by atoms with Gasteiger partial charge < -0.3 is 19.1 Å². The topological polar surface area (TPSA) is 71.8 Å². The summed E-state index contributed by atoms with van der Waals surface area (Å²) >= 11 is 6.37. The van der Waals surface area contributed by atoms with E-state index < -0.39 is 5.97 Å². The summed E-state index contributed by atoms with van der Waals surface area (Å²) in [6.07, 6.45) is 2.03. The van der Waals surface area contributed by atoms with Crippen molar-refractivity contribution in [1.29, 1.82) is 0 Å². The van der Waals surface area contributed by atoms with Gasteiger partial charge in [0, 0.05) is 43.0 Å². The summed E-state index contributed by atoms with van der Waals surface area (Å²) in [5.74, 6) is -0.270. The SMILES string of the molecule is CCOC(=O)CCC(=O)N(CC(=O)N(Cc1cccn1Cc1ccccc1Cl)CC(C)C)CC(C)C. The van der Waals surface area contributed by atoms with Gasteiger partial charge in [0.15, 0.2) is 0 Å². The third-order valence-corrected chi connectivity index (χ3v) is 5.99. The number of benzene rings is 1. The Morgan fingerprint density at radius 1 is 0.917 bits per heavy atom. The van der Waals surface area contributed by atoms with E-state index in [1.54, 1.807) is 11.8 Å². The minimum atomic E-state index is -0.401. The van der Waals surface area contributed by atoms with E-state index >= 15 is 0 Å². The third-order valence-electron chi connectivity index (χ3n) is 5.63. The lowest BCUT2D eigenvalue weighted by Gasteiger charge is -2.30. The smallest absolute Gasteiger partial charge is 0.306 e. The normalized spacial score (nSPS) is 11.1. The molecule has 2 rings (SSSR count). The lowest BCUT2D eigenvalue weighted by molar-refractivity contribution is -0.146. The number of ether oxygens (including phenoxy) is 1. The summed E-state index contributed by atoms with van der Waals surface area (Å²) in [5, 5.41) is 0.706. The van der Waals surface area contributed by atoms with Crippen molar-refractivity contribution in [2.45, 2.75) is 60.5 Å². The van der Waals surface area contributed by atoms with E-state index in [2.05, 4.69) is 18.4 Å². The standard InChI is InChI=1S/C28H40ClN3O4/c1-6-36-28(35)14-13-26(33)32(17-22(4)5)20-27(34)31(16-21(2)3)19-24-11-9-15-30(24)18-23-10-7-8-12-25(23)29/h7-12,15,21-22H,6,13-14,16-20H2,1-5H3. The highest BCUT2D eigenvalue weighted by Gasteiger charge is 2.24. The van der Waals surface area contributed by atoms with E-state index in [9.17, 15) is 14.4 Å². The first kappa shape index (κ1) is 29.4. The van der Waals surface area contributed by atoms with Crippen LogP contribution in [0.1, 0.15) is 58.7 Å². The van der Waals surface area contributed by atoms with Crippen LogP contribution in [0.5, 0.6) is 0 Å². The van der Waals surface area contributed by atoms with E-state index in [1.165, 1.54) is 0 Å². The summed E-state index contributed by atoms with van der Waals surface area (Å²) in [7, 11) is 0. The van der Waals surface area contributed by atoms with Crippen LogP contribution in [0, 0.1) is 11.8 Å². The van der Waals surface area contributed by atoms with Crippen molar-refractivity contribution in [1.82, 2.24) is 14.4 Å². The zero-order valence-corrected chi connectivity index (χ0v) is 23.0. The Hall–Kier alpha value is -2.80. The number of hydrogen-bond donors (Lipinski definition) is 0.